The van der Waals surface area contributed by atoms with Crippen molar-refractivity contribution in [3.63, 3.8) is 0 Å². The lowest BCUT2D eigenvalue weighted by Gasteiger charge is -2.22. The van der Waals surface area contributed by atoms with E-state index in [9.17, 15) is 24.3 Å². The lowest BCUT2D eigenvalue weighted by Crippen LogP contribution is -2.55. The molecule has 3 unspecified atom stereocenters. The van der Waals surface area contributed by atoms with E-state index < -0.39 is 48.2 Å². The number of nitrogens with two attached hydrogens (primary N) is 2. The van der Waals surface area contributed by atoms with E-state index in [0.29, 0.717) is 5.75 Å². The first-order chi connectivity index (χ1) is 13.2. The van der Waals surface area contributed by atoms with Crippen LogP contribution in [0.1, 0.15) is 18.4 Å². The summed E-state index contributed by atoms with van der Waals surface area (Å²) < 4.78 is 0. The first-order valence-corrected chi connectivity index (χ1v) is 10.0. The zero-order valence-corrected chi connectivity index (χ0v) is 16.4. The maximum atomic E-state index is 12.4. The van der Waals surface area contributed by atoms with Crippen molar-refractivity contribution >= 4 is 35.5 Å². The van der Waals surface area contributed by atoms with Gasteiger partial charge in [-0.3, -0.25) is 14.4 Å². The summed E-state index contributed by atoms with van der Waals surface area (Å²) in [5, 5.41) is 14.0. The summed E-state index contributed by atoms with van der Waals surface area (Å²) in [6.07, 6.45) is 1.78. The first kappa shape index (κ1) is 23.4. The summed E-state index contributed by atoms with van der Waals surface area (Å²) in [7, 11) is 0. The van der Waals surface area contributed by atoms with Gasteiger partial charge >= 0.3 is 5.97 Å². The maximum absolute atomic E-state index is 12.4. The third-order valence-electron chi connectivity index (χ3n) is 3.90. The van der Waals surface area contributed by atoms with E-state index in [1.54, 1.807) is 0 Å². The van der Waals surface area contributed by atoms with Crippen molar-refractivity contribution in [3.8, 4) is 0 Å². The molecular weight excluding hydrogens is 384 g/mol. The van der Waals surface area contributed by atoms with Crippen LogP contribution in [0.2, 0.25) is 0 Å². The van der Waals surface area contributed by atoms with E-state index in [4.69, 9.17) is 11.5 Å². The molecule has 0 spiro atoms. The molecule has 10 heteroatoms. The first-order valence-electron chi connectivity index (χ1n) is 8.64. The minimum absolute atomic E-state index is 0.201. The Morgan fingerprint density at radius 1 is 1.07 bits per heavy atom. The van der Waals surface area contributed by atoms with Crippen LogP contribution < -0.4 is 22.1 Å². The van der Waals surface area contributed by atoms with Crippen molar-refractivity contribution in [2.75, 3.05) is 12.0 Å². The second-order valence-electron chi connectivity index (χ2n) is 6.21. The van der Waals surface area contributed by atoms with Crippen molar-refractivity contribution in [3.05, 3.63) is 35.9 Å². The Kier molecular flexibility index (Phi) is 10.0. The monoisotopic (exact) mass is 410 g/mol. The summed E-state index contributed by atoms with van der Waals surface area (Å²) in [5.41, 5.74) is 11.9. The second-order valence-corrected chi connectivity index (χ2v) is 7.19. The summed E-state index contributed by atoms with van der Waals surface area (Å²) in [6, 6.07) is 5.69. The fourth-order valence-corrected chi connectivity index (χ4v) is 2.89. The molecule has 28 heavy (non-hydrogen) atoms. The number of carboxylic acid groups (broad SMARTS) is 1. The highest BCUT2D eigenvalue weighted by Gasteiger charge is 2.29. The van der Waals surface area contributed by atoms with Crippen LogP contribution in [-0.2, 0) is 25.6 Å². The van der Waals surface area contributed by atoms with Gasteiger partial charge in [-0.25, -0.2) is 4.79 Å². The number of hydrogen-bond acceptors (Lipinski definition) is 6. The molecule has 0 aliphatic carbocycles. The third-order valence-corrected chi connectivity index (χ3v) is 4.54. The van der Waals surface area contributed by atoms with Crippen LogP contribution in [0, 0.1) is 0 Å². The van der Waals surface area contributed by atoms with Crippen molar-refractivity contribution in [2.45, 2.75) is 37.4 Å². The molecule has 1 rings (SSSR count). The predicted octanol–water partition coefficient (Wildman–Crippen LogP) is -0.761. The number of hydrogen-bond donors (Lipinski definition) is 5. The smallest absolute Gasteiger partial charge is 0.326 e. The molecule has 0 bridgehead atoms. The van der Waals surface area contributed by atoms with Crippen molar-refractivity contribution in [2.24, 2.45) is 11.5 Å². The minimum Gasteiger partial charge on any atom is -0.480 e. The average molecular weight is 410 g/mol. The Morgan fingerprint density at radius 3 is 2.21 bits per heavy atom. The van der Waals surface area contributed by atoms with E-state index >= 15 is 0 Å². The number of thioether (sulfide) groups is 1. The zero-order valence-electron chi connectivity index (χ0n) is 15.6. The Bertz CT molecular complexity index is 686. The second kappa shape index (κ2) is 12.0. The van der Waals surface area contributed by atoms with Gasteiger partial charge in [-0.05, 0) is 30.4 Å². The van der Waals surface area contributed by atoms with Crippen molar-refractivity contribution < 1.29 is 24.3 Å². The van der Waals surface area contributed by atoms with E-state index in [-0.39, 0.29) is 12.8 Å². The number of carboxylic acids is 1. The van der Waals surface area contributed by atoms with Gasteiger partial charge in [-0.1, -0.05) is 30.3 Å². The van der Waals surface area contributed by atoms with Gasteiger partial charge in [0.15, 0.2) is 0 Å². The molecule has 7 N–H and O–H groups in total. The molecule has 3 atom stereocenters. The Labute approximate surface area is 167 Å². The quantitative estimate of drug-likeness (QED) is 0.302. The molecule has 0 aliphatic rings. The van der Waals surface area contributed by atoms with Gasteiger partial charge in [0.2, 0.25) is 17.7 Å². The molecule has 9 nitrogen and oxygen atoms in total. The highest BCUT2D eigenvalue weighted by Crippen LogP contribution is 2.05. The Morgan fingerprint density at radius 2 is 1.68 bits per heavy atom. The number of benzene rings is 1. The lowest BCUT2D eigenvalue weighted by molar-refractivity contribution is -0.142. The standard InChI is InChI=1S/C18H26N4O5S/c1-28-8-7-13(18(26)27)21-17(25)14(10-15(20)23)22-16(24)12(19)9-11-5-3-2-4-6-11/h2-6,12-14H,7-10,19H2,1H3,(H2,20,23)(H,21,25)(H,22,24)(H,26,27). The Hall–Kier alpha value is -2.59. The number of primary amides is 1. The molecule has 3 amide bonds. The van der Waals surface area contributed by atoms with E-state index in [1.807, 2.05) is 36.6 Å². The molecule has 0 heterocycles. The predicted molar refractivity (Wildman–Crippen MR) is 106 cm³/mol. The molecular formula is C18H26N4O5S. The van der Waals surface area contributed by atoms with Crippen LogP contribution in [0.25, 0.3) is 0 Å². The molecule has 1 aromatic rings. The third kappa shape index (κ3) is 8.40. The highest BCUT2D eigenvalue weighted by atomic mass is 32.2. The number of carbonyl (C=O) groups excluding carboxylic acids is 3. The van der Waals surface area contributed by atoms with Gasteiger partial charge in [-0.2, -0.15) is 11.8 Å². The fourth-order valence-electron chi connectivity index (χ4n) is 2.42. The lowest BCUT2D eigenvalue weighted by atomic mass is 10.0. The van der Waals surface area contributed by atoms with Gasteiger partial charge in [0.05, 0.1) is 12.5 Å². The zero-order chi connectivity index (χ0) is 21.1. The van der Waals surface area contributed by atoms with Crippen LogP contribution in [0.4, 0.5) is 0 Å². The van der Waals surface area contributed by atoms with E-state index in [1.165, 1.54) is 11.8 Å². The van der Waals surface area contributed by atoms with E-state index in [2.05, 4.69) is 10.6 Å². The molecule has 0 fully saturated rings. The van der Waals surface area contributed by atoms with Crippen molar-refractivity contribution in [1.29, 1.82) is 0 Å². The van der Waals surface area contributed by atoms with Crippen LogP contribution in [0.3, 0.4) is 0 Å². The van der Waals surface area contributed by atoms with Gasteiger partial charge in [-0.15, -0.1) is 0 Å². The SMILES string of the molecule is CSCCC(NC(=O)C(CC(N)=O)NC(=O)C(N)Cc1ccccc1)C(=O)O. The summed E-state index contributed by atoms with van der Waals surface area (Å²) in [5.74, 6) is -2.93. The number of rotatable bonds is 12. The Balaban J connectivity index is 2.77. The van der Waals surface area contributed by atoms with Crippen LogP contribution >= 0.6 is 11.8 Å². The largest absolute Gasteiger partial charge is 0.480 e. The van der Waals surface area contributed by atoms with Gasteiger partial charge in [0, 0.05) is 0 Å². The van der Waals surface area contributed by atoms with Crippen LogP contribution in [0.15, 0.2) is 30.3 Å². The molecule has 0 aliphatic heterocycles. The van der Waals surface area contributed by atoms with Crippen molar-refractivity contribution in [1.82, 2.24) is 10.6 Å². The van der Waals surface area contributed by atoms with Gasteiger partial charge in [0.25, 0.3) is 0 Å². The number of nitrogens with one attached hydrogen (secondary N) is 2. The molecule has 0 saturated heterocycles. The molecule has 154 valence electrons. The number of aliphatic carboxylic acids is 1. The number of carbonyl (C=O) groups is 4. The van der Waals surface area contributed by atoms with Crippen LogP contribution in [0.5, 0.6) is 0 Å². The topological polar surface area (TPSA) is 165 Å². The summed E-state index contributed by atoms with van der Waals surface area (Å²) in [6.45, 7) is 0. The normalized spacial score (nSPS) is 13.8. The number of amides is 3. The summed E-state index contributed by atoms with van der Waals surface area (Å²) in [4.78, 5) is 47.4. The molecule has 0 saturated carbocycles. The van der Waals surface area contributed by atoms with E-state index in [0.717, 1.165) is 5.56 Å². The maximum Gasteiger partial charge on any atom is 0.326 e. The molecule has 0 aromatic heterocycles. The highest BCUT2D eigenvalue weighted by molar-refractivity contribution is 7.98. The van der Waals surface area contributed by atoms with Gasteiger partial charge < -0.3 is 27.2 Å². The average Bonchev–Trinajstić information content (AvgIpc) is 2.64. The molecule has 0 radical (unpaired) electrons. The van der Waals surface area contributed by atoms with Crippen LogP contribution in [-0.4, -0.2) is 58.9 Å². The van der Waals surface area contributed by atoms with Gasteiger partial charge in [0.1, 0.15) is 12.1 Å². The summed E-state index contributed by atoms with van der Waals surface area (Å²) >= 11 is 1.43. The minimum atomic E-state index is -1.30. The molecule has 1 aromatic carbocycles. The fraction of sp³-hybridized carbons (Fsp3) is 0.444.